The first kappa shape index (κ1) is 15.0. The molecule has 0 aromatic heterocycles. The monoisotopic (exact) mass is 250 g/mol. The Bertz CT molecular complexity index is 341. The maximum Gasteiger partial charge on any atom is 0.119 e. The van der Waals surface area contributed by atoms with Crippen LogP contribution in [0.2, 0.25) is 0 Å². The average Bonchev–Trinajstić information content (AvgIpc) is 2.33. The molecular weight excluding hydrogens is 226 g/mol. The van der Waals surface area contributed by atoms with Gasteiger partial charge < -0.3 is 15.2 Å². The lowest BCUT2D eigenvalue weighted by Gasteiger charge is -2.22. The van der Waals surface area contributed by atoms with Crippen LogP contribution in [0.15, 0.2) is 24.3 Å². The minimum absolute atomic E-state index is 0.0107. The molecule has 0 fully saturated rings. The van der Waals surface area contributed by atoms with E-state index in [0.29, 0.717) is 13.2 Å². The molecule has 101 valence electrons. The van der Waals surface area contributed by atoms with E-state index in [1.165, 1.54) is 5.56 Å². The van der Waals surface area contributed by atoms with Crippen molar-refractivity contribution in [2.75, 3.05) is 13.2 Å². The van der Waals surface area contributed by atoms with Crippen LogP contribution < -0.4 is 10.1 Å². The Balaban J connectivity index is 2.31. The van der Waals surface area contributed by atoms with E-state index in [1.807, 2.05) is 24.3 Å². The second-order valence-electron chi connectivity index (χ2n) is 5.49. The van der Waals surface area contributed by atoms with E-state index in [4.69, 9.17) is 4.74 Å². The zero-order valence-electron chi connectivity index (χ0n) is 11.6. The van der Waals surface area contributed by atoms with E-state index in [9.17, 15) is 5.11 Å². The van der Waals surface area contributed by atoms with Gasteiger partial charge in [-0.15, -0.1) is 0 Å². The van der Waals surface area contributed by atoms with Crippen LogP contribution in [-0.4, -0.2) is 29.9 Å². The number of benzene rings is 1. The van der Waals surface area contributed by atoms with Crippen molar-refractivity contribution in [3.63, 3.8) is 0 Å². The van der Waals surface area contributed by atoms with Crippen LogP contribution in [0.25, 0.3) is 0 Å². The number of aliphatic hydroxyl groups is 1. The summed E-state index contributed by atoms with van der Waals surface area (Å²) >= 11 is 0. The van der Waals surface area contributed by atoms with Gasteiger partial charge in [0.25, 0.3) is 0 Å². The molecule has 0 aliphatic heterocycles. The Labute approximate surface area is 110 Å². The number of hydrogen-bond acceptors (Lipinski definition) is 3. The minimum Gasteiger partial charge on any atom is -0.491 e. The zero-order valence-corrected chi connectivity index (χ0v) is 11.6. The lowest BCUT2D eigenvalue weighted by Crippen LogP contribution is -2.42. The molecule has 18 heavy (non-hydrogen) atoms. The summed E-state index contributed by atoms with van der Waals surface area (Å²) in [6, 6.07) is 7.79. The second kappa shape index (κ2) is 6.76. The topological polar surface area (TPSA) is 41.5 Å². The third-order valence-corrected chi connectivity index (χ3v) is 2.52. The van der Waals surface area contributed by atoms with Gasteiger partial charge in [0.15, 0.2) is 0 Å². The Morgan fingerprint density at radius 2 is 1.89 bits per heavy atom. The molecule has 0 unspecified atom stereocenters. The summed E-state index contributed by atoms with van der Waals surface area (Å²) in [6.07, 6.45) is 0.273. The van der Waals surface area contributed by atoms with Crippen molar-refractivity contribution in [1.82, 2.24) is 5.32 Å². The van der Waals surface area contributed by atoms with Crippen molar-refractivity contribution in [2.24, 2.45) is 0 Å². The smallest absolute Gasteiger partial charge is 0.119 e. The van der Waals surface area contributed by atoms with Crippen molar-refractivity contribution in [2.45, 2.75) is 38.8 Å². The van der Waals surface area contributed by atoms with Crippen molar-refractivity contribution < 1.29 is 9.84 Å². The van der Waals surface area contributed by atoms with E-state index in [0.717, 1.165) is 12.2 Å². The van der Waals surface area contributed by atoms with Crippen LogP contribution in [0.3, 0.4) is 0 Å². The van der Waals surface area contributed by atoms with E-state index in [2.05, 4.69) is 33.0 Å². The van der Waals surface area contributed by atoms with Crippen LogP contribution in [0.5, 0.6) is 5.75 Å². The fourth-order valence-corrected chi connectivity index (χ4v) is 1.43. The number of hydrogen-bond donors (Lipinski definition) is 2. The molecule has 0 saturated carbocycles. The SMILES string of the molecule is [CH2]Cc1ccc(OC[C@@H](O)CNC(C)(C)C)cc1. The molecular formula is C15H24NO2. The van der Waals surface area contributed by atoms with E-state index < -0.39 is 6.10 Å². The van der Waals surface area contributed by atoms with Crippen molar-refractivity contribution in [3.05, 3.63) is 36.8 Å². The number of rotatable bonds is 6. The average molecular weight is 250 g/mol. The summed E-state index contributed by atoms with van der Waals surface area (Å²) < 4.78 is 5.52. The molecule has 1 rings (SSSR count). The Hall–Kier alpha value is -1.06. The molecule has 3 nitrogen and oxygen atoms in total. The van der Waals surface area contributed by atoms with Gasteiger partial charge in [-0.2, -0.15) is 0 Å². The Kier molecular flexibility index (Phi) is 5.63. The van der Waals surface area contributed by atoms with Crippen molar-refractivity contribution >= 4 is 0 Å². The summed E-state index contributed by atoms with van der Waals surface area (Å²) in [5, 5.41) is 13.0. The molecule has 1 aromatic carbocycles. The summed E-state index contributed by atoms with van der Waals surface area (Å²) in [4.78, 5) is 0. The van der Waals surface area contributed by atoms with Crippen LogP contribution in [-0.2, 0) is 6.42 Å². The molecule has 0 heterocycles. The van der Waals surface area contributed by atoms with Crippen LogP contribution in [0, 0.1) is 6.92 Å². The Morgan fingerprint density at radius 3 is 2.39 bits per heavy atom. The summed E-state index contributed by atoms with van der Waals surface area (Å²) in [5.41, 5.74) is 1.19. The van der Waals surface area contributed by atoms with Gasteiger partial charge in [0.05, 0.1) is 0 Å². The highest BCUT2D eigenvalue weighted by Crippen LogP contribution is 2.12. The number of β-amino-alcohol motifs (C(OH)–C–C–N with tert-alkyl or cyclic N) is 1. The third-order valence-electron chi connectivity index (χ3n) is 2.52. The molecule has 1 aromatic rings. The maximum atomic E-state index is 9.78. The van der Waals surface area contributed by atoms with Crippen molar-refractivity contribution in [1.29, 1.82) is 0 Å². The van der Waals surface area contributed by atoms with Gasteiger partial charge in [0.2, 0.25) is 0 Å². The highest BCUT2D eigenvalue weighted by molar-refractivity contribution is 5.27. The second-order valence-corrected chi connectivity index (χ2v) is 5.49. The van der Waals surface area contributed by atoms with Gasteiger partial charge in [-0.1, -0.05) is 12.1 Å². The fraction of sp³-hybridized carbons (Fsp3) is 0.533. The molecule has 0 spiro atoms. The number of ether oxygens (including phenoxy) is 1. The molecule has 3 heteroatoms. The molecule has 1 radical (unpaired) electrons. The van der Waals surface area contributed by atoms with Crippen LogP contribution in [0.1, 0.15) is 26.3 Å². The van der Waals surface area contributed by atoms with Gasteiger partial charge in [0, 0.05) is 12.1 Å². The largest absolute Gasteiger partial charge is 0.491 e. The first-order chi connectivity index (χ1) is 8.40. The summed E-state index contributed by atoms with van der Waals surface area (Å²) in [5.74, 6) is 0.780. The number of nitrogens with one attached hydrogen (secondary N) is 1. The maximum absolute atomic E-state index is 9.78. The van der Waals surface area contributed by atoms with E-state index in [-0.39, 0.29) is 5.54 Å². The van der Waals surface area contributed by atoms with Gasteiger partial charge in [-0.05, 0) is 51.8 Å². The number of aliphatic hydroxyl groups excluding tert-OH is 1. The lowest BCUT2D eigenvalue weighted by molar-refractivity contribution is 0.100. The van der Waals surface area contributed by atoms with E-state index >= 15 is 0 Å². The highest BCUT2D eigenvalue weighted by Gasteiger charge is 2.12. The predicted octanol–water partition coefficient (Wildman–Crippen LogP) is 2.19. The minimum atomic E-state index is -0.503. The molecule has 2 N–H and O–H groups in total. The van der Waals surface area contributed by atoms with Crippen molar-refractivity contribution in [3.8, 4) is 5.75 Å². The summed E-state index contributed by atoms with van der Waals surface area (Å²) in [7, 11) is 0. The lowest BCUT2D eigenvalue weighted by atomic mass is 10.1. The predicted molar refractivity (Wildman–Crippen MR) is 74.8 cm³/mol. The molecule has 1 atom stereocenters. The highest BCUT2D eigenvalue weighted by atomic mass is 16.5. The van der Waals surface area contributed by atoms with Gasteiger partial charge in [-0.25, -0.2) is 0 Å². The Morgan fingerprint density at radius 1 is 1.28 bits per heavy atom. The van der Waals surface area contributed by atoms with Gasteiger partial charge in [0.1, 0.15) is 18.5 Å². The fourth-order valence-electron chi connectivity index (χ4n) is 1.43. The molecule has 0 aliphatic carbocycles. The molecule has 0 amide bonds. The van der Waals surface area contributed by atoms with Crippen LogP contribution in [0.4, 0.5) is 0 Å². The molecule has 0 aliphatic rings. The normalized spacial score (nSPS) is 13.4. The third kappa shape index (κ3) is 6.03. The first-order valence-corrected chi connectivity index (χ1v) is 6.35. The van der Waals surface area contributed by atoms with Gasteiger partial charge in [-0.3, -0.25) is 0 Å². The molecule has 0 bridgehead atoms. The zero-order chi connectivity index (χ0) is 13.6. The summed E-state index contributed by atoms with van der Waals surface area (Å²) in [6.45, 7) is 10.8. The standard InChI is InChI=1S/C15H24NO2/c1-5-12-6-8-14(9-7-12)18-11-13(17)10-16-15(2,3)4/h6-9,13,16-17H,1,5,10-11H2,2-4H3/t13-/m0/s1. The molecule has 0 saturated heterocycles. The van der Waals surface area contributed by atoms with E-state index in [1.54, 1.807) is 0 Å². The van der Waals surface area contributed by atoms with Gasteiger partial charge >= 0.3 is 0 Å². The quantitative estimate of drug-likeness (QED) is 0.813. The van der Waals surface area contributed by atoms with Crippen LogP contribution >= 0.6 is 0 Å². The first-order valence-electron chi connectivity index (χ1n) is 6.35.